The van der Waals surface area contributed by atoms with Crippen molar-refractivity contribution in [3.05, 3.63) is 42.5 Å². The van der Waals surface area contributed by atoms with Gasteiger partial charge in [-0.05, 0) is 11.5 Å². The number of morpholine rings is 1. The van der Waals surface area contributed by atoms with Gasteiger partial charge in [-0.2, -0.15) is 0 Å². The third kappa shape index (κ3) is 4.23. The number of amides is 4. The fourth-order valence-corrected chi connectivity index (χ4v) is 3.74. The Morgan fingerprint density at radius 2 is 1.86 bits per heavy atom. The van der Waals surface area contributed by atoms with E-state index in [1.54, 1.807) is 6.07 Å². The lowest BCUT2D eigenvalue weighted by molar-refractivity contribution is -0.125. The predicted octanol–water partition coefficient (Wildman–Crippen LogP) is 1.10. The van der Waals surface area contributed by atoms with E-state index in [-0.39, 0.29) is 12.3 Å². The molecule has 8 nitrogen and oxygen atoms in total. The average molecular weight is 396 g/mol. The molecule has 2 aliphatic heterocycles. The largest absolute Gasteiger partial charge is 0.379 e. The molecule has 2 aromatic carbocycles. The molecule has 1 atom stereocenters. The Labute approximate surface area is 168 Å². The van der Waals surface area contributed by atoms with Gasteiger partial charge in [-0.3, -0.25) is 14.5 Å². The summed E-state index contributed by atoms with van der Waals surface area (Å²) >= 11 is 0. The summed E-state index contributed by atoms with van der Waals surface area (Å²) in [6, 6.07) is 11.7. The molecule has 0 bridgehead atoms. The standard InChI is InChI=1S/C21H24N4O4/c26-19(22-8-9-24-10-12-29-13-11-24)14-17-20(27)25(21(28)23-17)18-7-3-5-15-4-1-2-6-16(15)18/h1-7,17H,8-14H2,(H,22,26)(H,23,28)/t17-/m1/s1. The highest BCUT2D eigenvalue weighted by Gasteiger charge is 2.40. The van der Waals surface area contributed by atoms with Gasteiger partial charge in [0.2, 0.25) is 5.91 Å². The molecule has 4 amide bonds. The molecule has 2 heterocycles. The molecule has 4 rings (SSSR count). The highest BCUT2D eigenvalue weighted by molar-refractivity contribution is 6.24. The van der Waals surface area contributed by atoms with Crippen LogP contribution in [0.4, 0.5) is 10.5 Å². The van der Waals surface area contributed by atoms with Crippen LogP contribution in [0, 0.1) is 0 Å². The lowest BCUT2D eigenvalue weighted by Crippen LogP contribution is -2.42. The monoisotopic (exact) mass is 396 g/mol. The summed E-state index contributed by atoms with van der Waals surface area (Å²) in [5.41, 5.74) is 0.529. The van der Waals surface area contributed by atoms with E-state index in [4.69, 9.17) is 4.74 Å². The second-order valence-electron chi connectivity index (χ2n) is 7.18. The Balaban J connectivity index is 1.37. The fourth-order valence-electron chi connectivity index (χ4n) is 3.74. The summed E-state index contributed by atoms with van der Waals surface area (Å²) in [6.07, 6.45) is -0.0745. The zero-order valence-corrected chi connectivity index (χ0v) is 16.1. The van der Waals surface area contributed by atoms with Gasteiger partial charge in [-0.15, -0.1) is 0 Å². The molecule has 0 aromatic heterocycles. The molecule has 2 aliphatic rings. The number of hydrogen-bond acceptors (Lipinski definition) is 5. The van der Waals surface area contributed by atoms with Crippen molar-refractivity contribution in [2.45, 2.75) is 12.5 Å². The van der Waals surface area contributed by atoms with Crippen molar-refractivity contribution in [1.29, 1.82) is 0 Å². The molecular weight excluding hydrogens is 372 g/mol. The highest BCUT2D eigenvalue weighted by Crippen LogP contribution is 2.29. The van der Waals surface area contributed by atoms with Crippen molar-refractivity contribution in [2.24, 2.45) is 0 Å². The summed E-state index contributed by atoms with van der Waals surface area (Å²) in [7, 11) is 0. The Bertz CT molecular complexity index is 921. The molecular formula is C21H24N4O4. The molecule has 0 unspecified atom stereocenters. The first-order valence-electron chi connectivity index (χ1n) is 9.82. The number of urea groups is 1. The topological polar surface area (TPSA) is 91.0 Å². The van der Waals surface area contributed by atoms with Gasteiger partial charge in [0.05, 0.1) is 25.3 Å². The van der Waals surface area contributed by atoms with Crippen molar-refractivity contribution >= 4 is 34.3 Å². The summed E-state index contributed by atoms with van der Waals surface area (Å²) in [5, 5.41) is 7.22. The van der Waals surface area contributed by atoms with E-state index < -0.39 is 18.0 Å². The number of benzene rings is 2. The molecule has 0 radical (unpaired) electrons. The smallest absolute Gasteiger partial charge is 0.329 e. The molecule has 0 saturated carbocycles. The zero-order valence-electron chi connectivity index (χ0n) is 16.1. The van der Waals surface area contributed by atoms with Crippen molar-refractivity contribution in [3.63, 3.8) is 0 Å². The van der Waals surface area contributed by atoms with Crippen LogP contribution in [0.1, 0.15) is 6.42 Å². The van der Waals surface area contributed by atoms with Crippen LogP contribution in [-0.4, -0.2) is 68.2 Å². The van der Waals surface area contributed by atoms with Gasteiger partial charge in [-0.1, -0.05) is 36.4 Å². The van der Waals surface area contributed by atoms with E-state index >= 15 is 0 Å². The van der Waals surface area contributed by atoms with E-state index in [1.165, 1.54) is 0 Å². The SMILES string of the molecule is O=C(C[C@H]1NC(=O)N(c2cccc3ccccc23)C1=O)NCCN1CCOCC1. The maximum absolute atomic E-state index is 12.9. The second-order valence-corrected chi connectivity index (χ2v) is 7.18. The number of ether oxygens (including phenoxy) is 1. The fraction of sp³-hybridized carbons (Fsp3) is 0.381. The molecule has 0 spiro atoms. The minimum Gasteiger partial charge on any atom is -0.379 e. The third-order valence-electron chi connectivity index (χ3n) is 5.27. The highest BCUT2D eigenvalue weighted by atomic mass is 16.5. The van der Waals surface area contributed by atoms with Gasteiger partial charge in [0.15, 0.2) is 0 Å². The molecule has 8 heteroatoms. The van der Waals surface area contributed by atoms with Gasteiger partial charge in [-0.25, -0.2) is 9.69 Å². The van der Waals surface area contributed by atoms with Gasteiger partial charge < -0.3 is 15.4 Å². The Morgan fingerprint density at radius 3 is 2.69 bits per heavy atom. The minimum atomic E-state index is -0.857. The van der Waals surface area contributed by atoms with Crippen LogP contribution < -0.4 is 15.5 Å². The lowest BCUT2D eigenvalue weighted by atomic mass is 10.1. The summed E-state index contributed by atoms with van der Waals surface area (Å²) < 4.78 is 5.30. The van der Waals surface area contributed by atoms with Crippen molar-refractivity contribution in [1.82, 2.24) is 15.5 Å². The van der Waals surface area contributed by atoms with E-state index in [0.717, 1.165) is 35.3 Å². The Hall–Kier alpha value is -2.97. The quantitative estimate of drug-likeness (QED) is 0.714. The van der Waals surface area contributed by atoms with Gasteiger partial charge in [0.25, 0.3) is 5.91 Å². The van der Waals surface area contributed by atoms with Crippen LogP contribution in [0.5, 0.6) is 0 Å². The first-order chi connectivity index (χ1) is 14.1. The van der Waals surface area contributed by atoms with Crippen LogP contribution in [0.25, 0.3) is 10.8 Å². The number of nitrogens with zero attached hydrogens (tertiary/aromatic N) is 2. The van der Waals surface area contributed by atoms with E-state index in [1.807, 2.05) is 36.4 Å². The van der Waals surface area contributed by atoms with Crippen LogP contribution in [-0.2, 0) is 14.3 Å². The zero-order chi connectivity index (χ0) is 20.2. The number of anilines is 1. The van der Waals surface area contributed by atoms with Crippen molar-refractivity contribution in [3.8, 4) is 0 Å². The first kappa shape index (κ1) is 19.4. The average Bonchev–Trinajstić information content (AvgIpc) is 3.01. The van der Waals surface area contributed by atoms with Gasteiger partial charge in [0, 0.05) is 31.6 Å². The Morgan fingerprint density at radius 1 is 1.10 bits per heavy atom. The van der Waals surface area contributed by atoms with E-state index in [2.05, 4.69) is 15.5 Å². The number of carbonyl (C=O) groups excluding carboxylic acids is 3. The lowest BCUT2D eigenvalue weighted by Gasteiger charge is -2.26. The maximum Gasteiger partial charge on any atom is 0.329 e. The second kappa shape index (κ2) is 8.59. The van der Waals surface area contributed by atoms with E-state index in [0.29, 0.717) is 25.4 Å². The number of hydrogen-bond donors (Lipinski definition) is 2. The van der Waals surface area contributed by atoms with Gasteiger partial charge >= 0.3 is 6.03 Å². The number of carbonyl (C=O) groups is 3. The van der Waals surface area contributed by atoms with Gasteiger partial charge in [0.1, 0.15) is 6.04 Å². The molecule has 0 aliphatic carbocycles. The van der Waals surface area contributed by atoms with E-state index in [9.17, 15) is 14.4 Å². The predicted molar refractivity (Wildman–Crippen MR) is 109 cm³/mol. The molecule has 152 valence electrons. The number of rotatable bonds is 6. The van der Waals surface area contributed by atoms with Crippen molar-refractivity contribution in [2.75, 3.05) is 44.3 Å². The maximum atomic E-state index is 12.9. The minimum absolute atomic E-state index is 0.0745. The normalized spacial score (nSPS) is 20.1. The van der Waals surface area contributed by atoms with Crippen molar-refractivity contribution < 1.29 is 19.1 Å². The van der Waals surface area contributed by atoms with Crippen LogP contribution in [0.15, 0.2) is 42.5 Å². The molecule has 29 heavy (non-hydrogen) atoms. The number of nitrogens with one attached hydrogen (secondary N) is 2. The molecule has 2 N–H and O–H groups in total. The van der Waals surface area contributed by atoms with Crippen LogP contribution in [0.3, 0.4) is 0 Å². The summed E-state index contributed by atoms with van der Waals surface area (Å²) in [4.78, 5) is 41.0. The first-order valence-corrected chi connectivity index (χ1v) is 9.82. The number of imide groups is 1. The molecule has 2 aromatic rings. The Kier molecular flexibility index (Phi) is 5.73. The molecule has 2 saturated heterocycles. The summed E-state index contributed by atoms with van der Waals surface area (Å²) in [6.45, 7) is 4.37. The number of fused-ring (bicyclic) bond motifs is 1. The third-order valence-corrected chi connectivity index (χ3v) is 5.27. The van der Waals surface area contributed by atoms with Crippen LogP contribution >= 0.6 is 0 Å². The summed E-state index contributed by atoms with van der Waals surface area (Å²) in [5.74, 6) is -0.661. The molecule has 2 fully saturated rings. The van der Waals surface area contributed by atoms with Crippen LogP contribution in [0.2, 0.25) is 0 Å².